The molecule has 0 radical (unpaired) electrons. The van der Waals surface area contributed by atoms with Crippen LogP contribution in [-0.2, 0) is 28.7 Å². The Balaban J connectivity index is 1.92. The summed E-state index contributed by atoms with van der Waals surface area (Å²) in [5, 5.41) is 3.07. The number of nitrogens with one attached hydrogen (secondary N) is 1. The smallest absolute Gasteiger partial charge is 0.369 e. The van der Waals surface area contributed by atoms with E-state index in [0.29, 0.717) is 28.5 Å². The number of benzene rings is 1. The van der Waals surface area contributed by atoms with E-state index in [1.54, 1.807) is 13.8 Å². The second-order valence-corrected chi connectivity index (χ2v) is 7.33. The standard InChI is InChI=1S/C19H21F3N4O2S/c1-11-15(12(2)26-18(25-11)29-10-16(23)27)6-7-17(28)24-9-13-4-3-5-14(8-13)19(20,21)22/h3-5,8H,6-7,9-10H2,1-2H3,(H2,23,27)(H,24,28). The van der Waals surface area contributed by atoms with Crippen LogP contribution in [0.5, 0.6) is 0 Å². The number of nitrogens with zero attached hydrogens (tertiary/aromatic N) is 2. The van der Waals surface area contributed by atoms with Gasteiger partial charge in [0.1, 0.15) is 0 Å². The highest BCUT2D eigenvalue weighted by atomic mass is 32.2. The van der Waals surface area contributed by atoms with Crippen molar-refractivity contribution in [1.29, 1.82) is 0 Å². The number of halogens is 3. The van der Waals surface area contributed by atoms with E-state index in [9.17, 15) is 22.8 Å². The summed E-state index contributed by atoms with van der Waals surface area (Å²) in [6, 6.07) is 4.85. The molecule has 156 valence electrons. The first-order valence-corrected chi connectivity index (χ1v) is 9.73. The second-order valence-electron chi connectivity index (χ2n) is 6.39. The molecular formula is C19H21F3N4O2S. The van der Waals surface area contributed by atoms with Gasteiger partial charge in [-0.05, 0) is 43.5 Å². The normalized spacial score (nSPS) is 11.3. The Morgan fingerprint density at radius 2 is 1.83 bits per heavy atom. The summed E-state index contributed by atoms with van der Waals surface area (Å²) >= 11 is 1.14. The second kappa shape index (κ2) is 9.73. The Labute approximate surface area is 170 Å². The lowest BCUT2D eigenvalue weighted by Crippen LogP contribution is -2.23. The molecule has 2 amide bonds. The van der Waals surface area contributed by atoms with E-state index in [1.165, 1.54) is 12.1 Å². The van der Waals surface area contributed by atoms with Gasteiger partial charge in [-0.3, -0.25) is 9.59 Å². The number of carbonyl (C=O) groups is 2. The Morgan fingerprint density at radius 3 is 2.41 bits per heavy atom. The highest BCUT2D eigenvalue weighted by Gasteiger charge is 2.30. The predicted octanol–water partition coefficient (Wildman–Crippen LogP) is 2.94. The molecule has 0 saturated carbocycles. The SMILES string of the molecule is Cc1nc(SCC(N)=O)nc(C)c1CCC(=O)NCc1cccc(C(F)(F)F)c1. The Hall–Kier alpha value is -2.62. The van der Waals surface area contributed by atoms with E-state index >= 15 is 0 Å². The van der Waals surface area contributed by atoms with Gasteiger partial charge in [0.2, 0.25) is 11.8 Å². The average Bonchev–Trinajstić information content (AvgIpc) is 2.63. The summed E-state index contributed by atoms with van der Waals surface area (Å²) in [6.45, 7) is 3.59. The van der Waals surface area contributed by atoms with Crippen molar-refractivity contribution in [2.45, 2.75) is 44.6 Å². The fraction of sp³-hybridized carbons (Fsp3) is 0.368. The Bertz CT molecular complexity index is 880. The lowest BCUT2D eigenvalue weighted by atomic mass is 10.1. The highest BCUT2D eigenvalue weighted by molar-refractivity contribution is 7.99. The van der Waals surface area contributed by atoms with Crippen molar-refractivity contribution in [3.63, 3.8) is 0 Å². The summed E-state index contributed by atoms with van der Waals surface area (Å²) in [6.07, 6.45) is -3.87. The predicted molar refractivity (Wildman–Crippen MR) is 103 cm³/mol. The molecule has 0 aliphatic heterocycles. The number of aromatic nitrogens is 2. The van der Waals surface area contributed by atoms with Crippen LogP contribution < -0.4 is 11.1 Å². The molecule has 0 saturated heterocycles. The Kier molecular flexibility index (Phi) is 7.60. The number of hydrogen-bond donors (Lipinski definition) is 2. The molecule has 2 aromatic rings. The van der Waals surface area contributed by atoms with Crippen LogP contribution in [0, 0.1) is 13.8 Å². The van der Waals surface area contributed by atoms with Gasteiger partial charge in [0.05, 0.1) is 11.3 Å². The highest BCUT2D eigenvalue weighted by Crippen LogP contribution is 2.29. The maximum Gasteiger partial charge on any atom is 0.416 e. The molecule has 10 heteroatoms. The van der Waals surface area contributed by atoms with Crippen molar-refractivity contribution in [1.82, 2.24) is 15.3 Å². The lowest BCUT2D eigenvalue weighted by molar-refractivity contribution is -0.137. The third kappa shape index (κ3) is 7.04. The molecule has 3 N–H and O–H groups in total. The van der Waals surface area contributed by atoms with Crippen LogP contribution in [0.25, 0.3) is 0 Å². The van der Waals surface area contributed by atoms with E-state index in [2.05, 4.69) is 15.3 Å². The molecule has 1 aromatic carbocycles. The zero-order valence-electron chi connectivity index (χ0n) is 16.0. The van der Waals surface area contributed by atoms with Crippen LogP contribution in [0.1, 0.15) is 34.5 Å². The number of nitrogens with two attached hydrogens (primary N) is 1. The van der Waals surface area contributed by atoms with Crippen molar-refractivity contribution < 1.29 is 22.8 Å². The molecule has 0 atom stereocenters. The topological polar surface area (TPSA) is 98.0 Å². The Morgan fingerprint density at radius 1 is 1.17 bits per heavy atom. The third-order valence-electron chi connectivity index (χ3n) is 4.09. The maximum atomic E-state index is 12.7. The number of primary amides is 1. The molecule has 0 aliphatic rings. The minimum Gasteiger partial charge on any atom is -0.369 e. The third-order valence-corrected chi connectivity index (χ3v) is 4.96. The van der Waals surface area contributed by atoms with Gasteiger partial charge >= 0.3 is 6.18 Å². The van der Waals surface area contributed by atoms with Gasteiger partial charge in [-0.1, -0.05) is 23.9 Å². The largest absolute Gasteiger partial charge is 0.416 e. The van der Waals surface area contributed by atoms with Crippen LogP contribution in [-0.4, -0.2) is 27.5 Å². The molecule has 29 heavy (non-hydrogen) atoms. The monoisotopic (exact) mass is 426 g/mol. The number of hydrogen-bond acceptors (Lipinski definition) is 5. The summed E-state index contributed by atoms with van der Waals surface area (Å²) in [5.74, 6) is -0.667. The minimum absolute atomic E-state index is 0.0138. The zero-order valence-corrected chi connectivity index (χ0v) is 16.8. The molecule has 0 bridgehead atoms. The van der Waals surface area contributed by atoms with Crippen molar-refractivity contribution >= 4 is 23.6 Å². The number of thioether (sulfide) groups is 1. The van der Waals surface area contributed by atoms with Crippen molar-refractivity contribution in [2.24, 2.45) is 5.73 Å². The van der Waals surface area contributed by atoms with Gasteiger partial charge in [0, 0.05) is 24.4 Å². The number of aryl methyl sites for hydroxylation is 2. The van der Waals surface area contributed by atoms with Gasteiger partial charge in [0.25, 0.3) is 0 Å². The molecule has 1 heterocycles. The fourth-order valence-corrected chi connectivity index (χ4v) is 3.33. The van der Waals surface area contributed by atoms with Gasteiger partial charge in [-0.2, -0.15) is 13.2 Å². The zero-order chi connectivity index (χ0) is 21.6. The van der Waals surface area contributed by atoms with E-state index in [1.807, 2.05) is 0 Å². The van der Waals surface area contributed by atoms with Gasteiger partial charge in [-0.25, -0.2) is 9.97 Å². The molecule has 6 nitrogen and oxygen atoms in total. The lowest BCUT2D eigenvalue weighted by Gasteiger charge is -2.11. The molecule has 0 unspecified atom stereocenters. The van der Waals surface area contributed by atoms with E-state index in [4.69, 9.17) is 5.73 Å². The first-order chi connectivity index (χ1) is 13.6. The van der Waals surface area contributed by atoms with Gasteiger partial charge < -0.3 is 11.1 Å². The van der Waals surface area contributed by atoms with E-state index in [0.717, 1.165) is 29.5 Å². The van der Waals surface area contributed by atoms with Crippen molar-refractivity contribution in [2.75, 3.05) is 5.75 Å². The molecular weight excluding hydrogens is 405 g/mol. The molecule has 0 spiro atoms. The number of rotatable bonds is 8. The van der Waals surface area contributed by atoms with E-state index in [-0.39, 0.29) is 24.6 Å². The summed E-state index contributed by atoms with van der Waals surface area (Å²) in [5.41, 5.74) is 6.97. The van der Waals surface area contributed by atoms with Gasteiger partial charge in [-0.15, -0.1) is 0 Å². The summed E-state index contributed by atoms with van der Waals surface area (Å²) in [7, 11) is 0. The molecule has 0 fully saturated rings. The number of alkyl halides is 3. The average molecular weight is 426 g/mol. The summed E-state index contributed by atoms with van der Waals surface area (Å²) in [4.78, 5) is 31.6. The first kappa shape index (κ1) is 22.7. The maximum absolute atomic E-state index is 12.7. The molecule has 0 aliphatic carbocycles. The first-order valence-electron chi connectivity index (χ1n) is 8.74. The van der Waals surface area contributed by atoms with Crippen LogP contribution >= 0.6 is 11.8 Å². The summed E-state index contributed by atoms with van der Waals surface area (Å²) < 4.78 is 38.2. The van der Waals surface area contributed by atoms with Crippen LogP contribution in [0.2, 0.25) is 0 Å². The fourth-order valence-electron chi connectivity index (χ4n) is 2.66. The van der Waals surface area contributed by atoms with E-state index < -0.39 is 17.6 Å². The number of carbonyl (C=O) groups excluding carboxylic acids is 2. The van der Waals surface area contributed by atoms with Crippen LogP contribution in [0.3, 0.4) is 0 Å². The molecule has 2 rings (SSSR count). The van der Waals surface area contributed by atoms with Crippen LogP contribution in [0.4, 0.5) is 13.2 Å². The minimum atomic E-state index is -4.42. The van der Waals surface area contributed by atoms with Crippen molar-refractivity contribution in [3.05, 3.63) is 52.3 Å². The molecule has 1 aromatic heterocycles. The van der Waals surface area contributed by atoms with Gasteiger partial charge in [0.15, 0.2) is 5.16 Å². The number of amides is 2. The van der Waals surface area contributed by atoms with Crippen LogP contribution in [0.15, 0.2) is 29.4 Å². The quantitative estimate of drug-likeness (QED) is 0.500. The van der Waals surface area contributed by atoms with Crippen molar-refractivity contribution in [3.8, 4) is 0 Å².